The smallest absolute Gasteiger partial charge is 0.226 e. The molecule has 1 fully saturated rings. The van der Waals surface area contributed by atoms with E-state index in [9.17, 15) is 4.79 Å². The number of rotatable bonds is 7. The minimum atomic E-state index is -0.126. The lowest BCUT2D eigenvalue weighted by atomic mass is 10.2. The number of amides is 1. The Balaban J connectivity index is 1.27. The molecule has 0 atom stereocenters. The molecular weight excluding hydrogens is 358 g/mol. The molecule has 0 aliphatic carbocycles. The Hall–Kier alpha value is -3.16. The van der Waals surface area contributed by atoms with Gasteiger partial charge in [-0.05, 0) is 31.9 Å². The van der Waals surface area contributed by atoms with Crippen molar-refractivity contribution in [1.82, 2.24) is 20.4 Å². The zero-order valence-electron chi connectivity index (χ0n) is 15.9. The van der Waals surface area contributed by atoms with Crippen LogP contribution in [0.2, 0.25) is 0 Å². The Labute approximate surface area is 162 Å². The lowest BCUT2D eigenvalue weighted by Gasteiger charge is -2.17. The molecule has 1 aliphatic rings. The average Bonchev–Trinajstić information content (AvgIpc) is 3.36. The highest BCUT2D eigenvalue weighted by Crippen LogP contribution is 2.21. The molecule has 1 saturated heterocycles. The zero-order chi connectivity index (χ0) is 19.3. The van der Waals surface area contributed by atoms with Gasteiger partial charge in [0.1, 0.15) is 23.9 Å². The maximum atomic E-state index is 12.2. The molecule has 8 heteroatoms. The third kappa shape index (κ3) is 4.21. The summed E-state index contributed by atoms with van der Waals surface area (Å²) in [6.45, 7) is 4.61. The van der Waals surface area contributed by atoms with E-state index in [1.807, 2.05) is 37.3 Å². The minimum Gasteiger partial charge on any atom is -0.476 e. The van der Waals surface area contributed by atoms with Crippen molar-refractivity contribution in [1.29, 1.82) is 0 Å². The van der Waals surface area contributed by atoms with E-state index in [1.54, 1.807) is 0 Å². The van der Waals surface area contributed by atoms with Gasteiger partial charge in [0.15, 0.2) is 5.58 Å². The van der Waals surface area contributed by atoms with Crippen molar-refractivity contribution in [2.24, 2.45) is 0 Å². The number of nitrogens with one attached hydrogen (secondary N) is 1. The number of para-hydroxylation sites is 1. The number of nitrogens with zero attached hydrogens (tertiary/aromatic N) is 4. The SMILES string of the molecule is Cc1nc(OCCNC(=O)Cc2noc3ccccc23)cc(N2CCCC2)n1. The van der Waals surface area contributed by atoms with E-state index in [0.29, 0.717) is 36.1 Å². The van der Waals surface area contributed by atoms with Gasteiger partial charge < -0.3 is 19.5 Å². The Kier molecular flexibility index (Phi) is 5.36. The Morgan fingerprint density at radius 1 is 1.25 bits per heavy atom. The highest BCUT2D eigenvalue weighted by molar-refractivity contribution is 5.86. The normalized spacial score (nSPS) is 13.8. The number of anilines is 1. The maximum Gasteiger partial charge on any atom is 0.226 e. The fourth-order valence-electron chi connectivity index (χ4n) is 3.33. The monoisotopic (exact) mass is 381 g/mol. The van der Waals surface area contributed by atoms with Crippen LogP contribution >= 0.6 is 0 Å². The molecule has 0 saturated carbocycles. The number of aryl methyl sites for hydroxylation is 1. The zero-order valence-corrected chi connectivity index (χ0v) is 15.9. The van der Waals surface area contributed by atoms with Crippen LogP contribution in [0.5, 0.6) is 5.88 Å². The molecule has 0 bridgehead atoms. The van der Waals surface area contributed by atoms with Crippen molar-refractivity contribution >= 4 is 22.7 Å². The Morgan fingerprint density at radius 3 is 2.93 bits per heavy atom. The predicted octanol–water partition coefficient (Wildman–Crippen LogP) is 2.26. The van der Waals surface area contributed by atoms with Gasteiger partial charge in [-0.1, -0.05) is 17.3 Å². The average molecular weight is 381 g/mol. The summed E-state index contributed by atoms with van der Waals surface area (Å²) in [7, 11) is 0. The fourth-order valence-corrected chi connectivity index (χ4v) is 3.33. The van der Waals surface area contributed by atoms with E-state index in [0.717, 1.165) is 24.3 Å². The second kappa shape index (κ2) is 8.24. The Bertz CT molecular complexity index is 965. The molecular formula is C20H23N5O3. The fraction of sp³-hybridized carbons (Fsp3) is 0.400. The van der Waals surface area contributed by atoms with Crippen LogP contribution in [0.3, 0.4) is 0 Å². The molecule has 0 spiro atoms. The summed E-state index contributed by atoms with van der Waals surface area (Å²) in [4.78, 5) is 23.2. The molecule has 1 amide bonds. The second-order valence-corrected chi connectivity index (χ2v) is 6.81. The first-order valence-electron chi connectivity index (χ1n) is 9.52. The van der Waals surface area contributed by atoms with Crippen LogP contribution in [0.4, 0.5) is 5.82 Å². The number of ether oxygens (including phenoxy) is 1. The number of carbonyl (C=O) groups excluding carboxylic acids is 1. The molecule has 1 aromatic carbocycles. The van der Waals surface area contributed by atoms with E-state index in [4.69, 9.17) is 9.26 Å². The Morgan fingerprint density at radius 2 is 2.07 bits per heavy atom. The molecule has 1 N–H and O–H groups in total. The van der Waals surface area contributed by atoms with E-state index in [2.05, 4.69) is 25.3 Å². The molecule has 3 heterocycles. The van der Waals surface area contributed by atoms with Crippen LogP contribution < -0.4 is 15.0 Å². The molecule has 28 heavy (non-hydrogen) atoms. The quantitative estimate of drug-likeness (QED) is 0.628. The second-order valence-electron chi connectivity index (χ2n) is 6.81. The van der Waals surface area contributed by atoms with Gasteiger partial charge in [-0.3, -0.25) is 4.79 Å². The molecule has 8 nitrogen and oxygen atoms in total. The van der Waals surface area contributed by atoms with Crippen molar-refractivity contribution in [2.45, 2.75) is 26.2 Å². The third-order valence-corrected chi connectivity index (χ3v) is 4.69. The summed E-state index contributed by atoms with van der Waals surface area (Å²) in [5.74, 6) is 1.99. The van der Waals surface area contributed by atoms with Crippen molar-refractivity contribution in [2.75, 3.05) is 31.1 Å². The topological polar surface area (TPSA) is 93.4 Å². The first-order valence-corrected chi connectivity index (χ1v) is 9.52. The molecule has 146 valence electrons. The summed E-state index contributed by atoms with van der Waals surface area (Å²) in [5, 5.41) is 7.68. The lowest BCUT2D eigenvalue weighted by Crippen LogP contribution is -2.29. The highest BCUT2D eigenvalue weighted by Gasteiger charge is 2.16. The molecule has 2 aromatic heterocycles. The van der Waals surface area contributed by atoms with Gasteiger partial charge in [0.2, 0.25) is 11.8 Å². The summed E-state index contributed by atoms with van der Waals surface area (Å²) in [6, 6.07) is 9.36. The van der Waals surface area contributed by atoms with Gasteiger partial charge in [-0.15, -0.1) is 0 Å². The minimum absolute atomic E-state index is 0.126. The number of carbonyl (C=O) groups is 1. The number of benzene rings is 1. The van der Waals surface area contributed by atoms with Crippen molar-refractivity contribution in [3.8, 4) is 5.88 Å². The number of fused-ring (bicyclic) bond motifs is 1. The van der Waals surface area contributed by atoms with Crippen molar-refractivity contribution in [3.63, 3.8) is 0 Å². The van der Waals surface area contributed by atoms with E-state index in [-0.39, 0.29) is 12.3 Å². The van der Waals surface area contributed by atoms with E-state index >= 15 is 0 Å². The summed E-state index contributed by atoms with van der Waals surface area (Å²) < 4.78 is 10.9. The first-order chi connectivity index (χ1) is 13.7. The largest absolute Gasteiger partial charge is 0.476 e. The van der Waals surface area contributed by atoms with Gasteiger partial charge in [0.25, 0.3) is 0 Å². The van der Waals surface area contributed by atoms with Gasteiger partial charge in [0, 0.05) is 24.5 Å². The van der Waals surface area contributed by atoms with Gasteiger partial charge >= 0.3 is 0 Å². The maximum absolute atomic E-state index is 12.2. The lowest BCUT2D eigenvalue weighted by molar-refractivity contribution is -0.120. The summed E-state index contributed by atoms with van der Waals surface area (Å²) >= 11 is 0. The summed E-state index contributed by atoms with van der Waals surface area (Å²) in [6.07, 6.45) is 2.54. The molecule has 0 radical (unpaired) electrons. The van der Waals surface area contributed by atoms with Crippen LogP contribution in [0.25, 0.3) is 11.0 Å². The van der Waals surface area contributed by atoms with Crippen LogP contribution in [0.1, 0.15) is 24.4 Å². The third-order valence-electron chi connectivity index (χ3n) is 4.69. The summed E-state index contributed by atoms with van der Waals surface area (Å²) in [5.41, 5.74) is 1.32. The predicted molar refractivity (Wildman–Crippen MR) is 104 cm³/mol. The highest BCUT2D eigenvalue weighted by atomic mass is 16.5. The number of aromatic nitrogens is 3. The molecule has 0 unspecified atom stereocenters. The van der Waals surface area contributed by atoms with E-state index < -0.39 is 0 Å². The van der Waals surface area contributed by atoms with Crippen LogP contribution in [-0.2, 0) is 11.2 Å². The van der Waals surface area contributed by atoms with Crippen molar-refractivity contribution in [3.05, 3.63) is 41.9 Å². The van der Waals surface area contributed by atoms with Crippen LogP contribution in [0, 0.1) is 6.92 Å². The van der Waals surface area contributed by atoms with E-state index in [1.165, 1.54) is 12.8 Å². The molecule has 1 aliphatic heterocycles. The van der Waals surface area contributed by atoms with Crippen LogP contribution in [0.15, 0.2) is 34.9 Å². The number of hydrogen-bond donors (Lipinski definition) is 1. The van der Waals surface area contributed by atoms with Gasteiger partial charge in [-0.25, -0.2) is 4.98 Å². The van der Waals surface area contributed by atoms with Crippen molar-refractivity contribution < 1.29 is 14.1 Å². The molecule has 4 rings (SSSR count). The standard InChI is InChI=1S/C20H23N5O3/c1-14-22-18(25-9-4-5-10-25)13-20(23-14)27-11-8-21-19(26)12-16-15-6-2-3-7-17(15)28-24-16/h2-3,6-7,13H,4-5,8-12H2,1H3,(H,21,26). The van der Waals surface area contributed by atoms with Crippen LogP contribution in [-0.4, -0.2) is 47.3 Å². The van der Waals surface area contributed by atoms with Gasteiger partial charge in [0.05, 0.1) is 13.0 Å². The number of hydrogen-bond acceptors (Lipinski definition) is 7. The van der Waals surface area contributed by atoms with Gasteiger partial charge in [-0.2, -0.15) is 4.98 Å². The first kappa shape index (κ1) is 18.2. The molecule has 3 aromatic rings.